The Morgan fingerprint density at radius 2 is 1.94 bits per heavy atom. The predicted molar refractivity (Wildman–Crippen MR) is 74.5 cm³/mol. The molecule has 0 aromatic heterocycles. The molecular weight excluding hydrogens is 206 g/mol. The Morgan fingerprint density at radius 3 is 2.76 bits per heavy atom. The van der Waals surface area contributed by atoms with Gasteiger partial charge in [-0.15, -0.1) is 0 Å². The van der Waals surface area contributed by atoms with Gasteiger partial charge in [-0.2, -0.15) is 0 Å². The molecule has 1 N–H and O–H groups in total. The number of nitrogens with one attached hydrogen (secondary N) is 1. The van der Waals surface area contributed by atoms with E-state index in [0.29, 0.717) is 6.04 Å². The molecule has 1 heteroatoms. The van der Waals surface area contributed by atoms with Gasteiger partial charge in [-0.1, -0.05) is 32.0 Å². The third-order valence-electron chi connectivity index (χ3n) is 3.61. The van der Waals surface area contributed by atoms with Crippen LogP contribution in [0.4, 0.5) is 0 Å². The minimum absolute atomic E-state index is 0.620. The summed E-state index contributed by atoms with van der Waals surface area (Å²) in [7, 11) is 0. The lowest BCUT2D eigenvalue weighted by Crippen LogP contribution is -2.23. The monoisotopic (exact) mass is 231 g/mol. The van der Waals surface area contributed by atoms with Gasteiger partial charge in [0.25, 0.3) is 0 Å². The highest BCUT2D eigenvalue weighted by molar-refractivity contribution is 5.35. The first kappa shape index (κ1) is 12.6. The highest BCUT2D eigenvalue weighted by Crippen LogP contribution is 2.23. The average Bonchev–Trinajstić information content (AvgIpc) is 2.75. The molecule has 0 saturated heterocycles. The maximum Gasteiger partial charge on any atom is 0.00103 e. The predicted octanol–water partition coefficient (Wildman–Crippen LogP) is 3.50. The minimum atomic E-state index is 0.620. The fourth-order valence-corrected chi connectivity index (χ4v) is 2.63. The quantitative estimate of drug-likeness (QED) is 0.739. The van der Waals surface area contributed by atoms with E-state index < -0.39 is 0 Å². The van der Waals surface area contributed by atoms with Crippen LogP contribution in [-0.2, 0) is 19.3 Å². The van der Waals surface area contributed by atoms with Crippen LogP contribution in [0.15, 0.2) is 18.2 Å². The van der Waals surface area contributed by atoms with E-state index in [1.54, 1.807) is 11.1 Å². The summed E-state index contributed by atoms with van der Waals surface area (Å²) in [6, 6.07) is 7.75. The Morgan fingerprint density at radius 1 is 1.12 bits per heavy atom. The Kier molecular flexibility index (Phi) is 4.61. The van der Waals surface area contributed by atoms with Crippen molar-refractivity contribution in [1.29, 1.82) is 0 Å². The largest absolute Gasteiger partial charge is 0.315 e. The van der Waals surface area contributed by atoms with E-state index in [4.69, 9.17) is 0 Å². The maximum atomic E-state index is 3.47. The van der Waals surface area contributed by atoms with Gasteiger partial charge in [-0.25, -0.2) is 0 Å². The van der Waals surface area contributed by atoms with Gasteiger partial charge in [0.2, 0.25) is 0 Å². The van der Waals surface area contributed by atoms with Gasteiger partial charge in [0, 0.05) is 6.04 Å². The third kappa shape index (κ3) is 3.85. The molecule has 94 valence electrons. The van der Waals surface area contributed by atoms with Crippen LogP contribution in [0.1, 0.15) is 49.8 Å². The first-order valence-electron chi connectivity index (χ1n) is 7.10. The van der Waals surface area contributed by atoms with Crippen LogP contribution in [0, 0.1) is 0 Å². The zero-order chi connectivity index (χ0) is 12.1. The Balaban J connectivity index is 1.72. The molecule has 1 aromatic carbocycles. The summed E-state index contributed by atoms with van der Waals surface area (Å²) in [5.41, 5.74) is 4.74. The average molecular weight is 231 g/mol. The molecule has 0 amide bonds. The summed E-state index contributed by atoms with van der Waals surface area (Å²) in [5.74, 6) is 0. The lowest BCUT2D eigenvalue weighted by Gasteiger charge is -2.08. The van der Waals surface area contributed by atoms with Gasteiger partial charge in [0.15, 0.2) is 0 Å². The first-order chi connectivity index (χ1) is 8.25. The number of unbranched alkanes of at least 4 members (excludes halogenated alkanes) is 1. The number of benzene rings is 1. The van der Waals surface area contributed by atoms with E-state index in [2.05, 4.69) is 37.4 Å². The highest BCUT2D eigenvalue weighted by Gasteiger charge is 2.10. The molecule has 0 unspecified atom stereocenters. The van der Waals surface area contributed by atoms with E-state index >= 15 is 0 Å². The molecule has 0 atom stereocenters. The zero-order valence-electron chi connectivity index (χ0n) is 11.3. The van der Waals surface area contributed by atoms with Gasteiger partial charge in [-0.05, 0) is 61.8 Å². The van der Waals surface area contributed by atoms with Gasteiger partial charge in [0.1, 0.15) is 0 Å². The molecule has 0 heterocycles. The molecule has 0 aliphatic heterocycles. The van der Waals surface area contributed by atoms with E-state index in [1.807, 2.05) is 0 Å². The van der Waals surface area contributed by atoms with E-state index in [1.165, 1.54) is 44.1 Å². The van der Waals surface area contributed by atoms with Crippen molar-refractivity contribution in [3.05, 3.63) is 34.9 Å². The van der Waals surface area contributed by atoms with Crippen molar-refractivity contribution in [3.8, 4) is 0 Å². The Hall–Kier alpha value is -0.820. The molecule has 1 aromatic rings. The number of fused-ring (bicyclic) bond motifs is 1. The second-order valence-corrected chi connectivity index (χ2v) is 5.52. The second kappa shape index (κ2) is 6.20. The summed E-state index contributed by atoms with van der Waals surface area (Å²) in [6.07, 6.45) is 7.80. The fraction of sp³-hybridized carbons (Fsp3) is 0.625. The molecule has 0 saturated carbocycles. The maximum absolute atomic E-state index is 3.47. The molecule has 1 aliphatic rings. The second-order valence-electron chi connectivity index (χ2n) is 5.52. The number of hydrogen-bond donors (Lipinski definition) is 1. The third-order valence-corrected chi connectivity index (χ3v) is 3.61. The zero-order valence-corrected chi connectivity index (χ0v) is 11.3. The number of hydrogen-bond acceptors (Lipinski definition) is 1. The van der Waals surface area contributed by atoms with Crippen molar-refractivity contribution in [2.24, 2.45) is 0 Å². The van der Waals surface area contributed by atoms with Crippen LogP contribution in [0.5, 0.6) is 0 Å². The standard InChI is InChI=1S/C16H25N/c1-13(2)17-11-4-3-6-14-9-10-15-7-5-8-16(15)12-14/h9-10,12-13,17H,3-8,11H2,1-2H3. The van der Waals surface area contributed by atoms with Crippen LogP contribution in [0.3, 0.4) is 0 Å². The van der Waals surface area contributed by atoms with E-state index in [-0.39, 0.29) is 0 Å². The Bertz CT molecular complexity index is 355. The van der Waals surface area contributed by atoms with Crippen LogP contribution >= 0.6 is 0 Å². The van der Waals surface area contributed by atoms with Gasteiger partial charge in [0.05, 0.1) is 0 Å². The Labute approximate surface area is 106 Å². The lowest BCUT2D eigenvalue weighted by molar-refractivity contribution is 0.557. The van der Waals surface area contributed by atoms with Crippen molar-refractivity contribution >= 4 is 0 Å². The molecular formula is C16H25N. The molecule has 0 radical (unpaired) electrons. The van der Waals surface area contributed by atoms with Crippen LogP contribution in [-0.4, -0.2) is 12.6 Å². The summed E-state index contributed by atoms with van der Waals surface area (Å²) in [5, 5.41) is 3.47. The molecule has 0 bridgehead atoms. The number of aryl methyl sites for hydroxylation is 3. The van der Waals surface area contributed by atoms with E-state index in [9.17, 15) is 0 Å². The summed E-state index contributed by atoms with van der Waals surface area (Å²) in [4.78, 5) is 0. The van der Waals surface area contributed by atoms with Crippen molar-refractivity contribution in [1.82, 2.24) is 5.32 Å². The van der Waals surface area contributed by atoms with Gasteiger partial charge >= 0.3 is 0 Å². The number of rotatable bonds is 6. The molecule has 1 aliphatic carbocycles. The fourth-order valence-electron chi connectivity index (χ4n) is 2.63. The highest BCUT2D eigenvalue weighted by atomic mass is 14.9. The van der Waals surface area contributed by atoms with Crippen LogP contribution in [0.25, 0.3) is 0 Å². The molecule has 2 rings (SSSR count). The van der Waals surface area contributed by atoms with Crippen molar-refractivity contribution in [2.45, 2.75) is 58.4 Å². The van der Waals surface area contributed by atoms with Crippen molar-refractivity contribution in [2.75, 3.05) is 6.54 Å². The van der Waals surface area contributed by atoms with Gasteiger partial charge < -0.3 is 5.32 Å². The van der Waals surface area contributed by atoms with Crippen molar-refractivity contribution in [3.63, 3.8) is 0 Å². The molecule has 1 nitrogen and oxygen atoms in total. The summed E-state index contributed by atoms with van der Waals surface area (Å²) in [6.45, 7) is 5.57. The lowest BCUT2D eigenvalue weighted by atomic mass is 10.0. The van der Waals surface area contributed by atoms with E-state index in [0.717, 1.165) is 6.54 Å². The molecule has 0 spiro atoms. The molecule has 0 fully saturated rings. The summed E-state index contributed by atoms with van der Waals surface area (Å²) >= 11 is 0. The minimum Gasteiger partial charge on any atom is -0.315 e. The first-order valence-corrected chi connectivity index (χ1v) is 7.10. The van der Waals surface area contributed by atoms with Crippen LogP contribution < -0.4 is 5.32 Å². The summed E-state index contributed by atoms with van der Waals surface area (Å²) < 4.78 is 0. The SMILES string of the molecule is CC(C)NCCCCc1ccc2c(c1)CCC2. The smallest absolute Gasteiger partial charge is 0.00103 e. The normalized spacial score (nSPS) is 14.3. The van der Waals surface area contributed by atoms with Crippen LogP contribution in [0.2, 0.25) is 0 Å². The topological polar surface area (TPSA) is 12.0 Å². The van der Waals surface area contributed by atoms with Crippen molar-refractivity contribution < 1.29 is 0 Å². The molecule has 17 heavy (non-hydrogen) atoms. The van der Waals surface area contributed by atoms with Gasteiger partial charge in [-0.3, -0.25) is 0 Å².